The first-order valence-electron chi connectivity index (χ1n) is 6.08. The summed E-state index contributed by atoms with van der Waals surface area (Å²) in [5.41, 5.74) is 0.465. The van der Waals surface area contributed by atoms with Crippen molar-refractivity contribution in [3.05, 3.63) is 12.2 Å². The fourth-order valence-electron chi connectivity index (χ4n) is 1.08. The fraction of sp³-hybridized carbons (Fsp3) is 0.615. The van der Waals surface area contributed by atoms with Gasteiger partial charge in [-0.2, -0.15) is 0 Å². The van der Waals surface area contributed by atoms with Gasteiger partial charge in [0.2, 0.25) is 5.91 Å². The zero-order valence-electron chi connectivity index (χ0n) is 11.1. The summed E-state index contributed by atoms with van der Waals surface area (Å²) in [6, 6.07) is 0. The molecule has 0 fully saturated rings. The van der Waals surface area contributed by atoms with Crippen molar-refractivity contribution in [3.8, 4) is 0 Å². The molecule has 1 N–H and O–H groups in total. The molecule has 0 aliphatic carbocycles. The Balaban J connectivity index is 3.49. The zero-order valence-corrected chi connectivity index (χ0v) is 11.1. The average molecular weight is 255 g/mol. The highest BCUT2D eigenvalue weighted by molar-refractivity contribution is 5.92. The van der Waals surface area contributed by atoms with E-state index >= 15 is 0 Å². The number of hydrogen-bond donors (Lipinski definition) is 1. The van der Waals surface area contributed by atoms with Crippen molar-refractivity contribution in [1.29, 1.82) is 0 Å². The maximum atomic E-state index is 11.2. The van der Waals surface area contributed by atoms with Gasteiger partial charge in [-0.1, -0.05) is 13.5 Å². The summed E-state index contributed by atoms with van der Waals surface area (Å²) in [5, 5.41) is 2.67. The molecule has 0 rings (SSSR count). The highest BCUT2D eigenvalue weighted by atomic mass is 16.5. The predicted molar refractivity (Wildman–Crippen MR) is 67.9 cm³/mol. The summed E-state index contributed by atoms with van der Waals surface area (Å²) in [6.07, 6.45) is 1.95. The summed E-state index contributed by atoms with van der Waals surface area (Å²) in [5.74, 6) is -0.633. The summed E-state index contributed by atoms with van der Waals surface area (Å²) >= 11 is 0. The molecule has 0 atom stereocenters. The Kier molecular flexibility index (Phi) is 8.53. The number of Topliss-reactive ketones (excluding diaryl/α,β-unsaturated/α-hetero) is 1. The van der Waals surface area contributed by atoms with E-state index in [1.165, 1.54) is 0 Å². The molecule has 0 radical (unpaired) electrons. The molecule has 0 heterocycles. The first kappa shape index (κ1) is 16.4. The van der Waals surface area contributed by atoms with Gasteiger partial charge < -0.3 is 10.1 Å². The highest BCUT2D eigenvalue weighted by Gasteiger charge is 2.06. The van der Waals surface area contributed by atoms with Gasteiger partial charge in [-0.3, -0.25) is 14.4 Å². The number of carbonyl (C=O) groups is 3. The topological polar surface area (TPSA) is 72.5 Å². The van der Waals surface area contributed by atoms with Crippen LogP contribution in [0, 0.1) is 0 Å². The number of hydrogen-bond acceptors (Lipinski definition) is 4. The minimum Gasteiger partial charge on any atom is -0.458 e. The molecule has 0 aliphatic rings. The minimum atomic E-state index is -0.372. The first-order chi connectivity index (χ1) is 8.47. The van der Waals surface area contributed by atoms with Crippen LogP contribution in [0.3, 0.4) is 0 Å². The lowest BCUT2D eigenvalue weighted by molar-refractivity contribution is -0.148. The number of esters is 1. The van der Waals surface area contributed by atoms with E-state index in [4.69, 9.17) is 4.74 Å². The van der Waals surface area contributed by atoms with Gasteiger partial charge in [-0.15, -0.1) is 0 Å². The quantitative estimate of drug-likeness (QED) is 0.384. The average Bonchev–Trinajstić information content (AvgIpc) is 2.34. The number of carbonyl (C=O) groups excluding carboxylic acids is 3. The molecule has 0 aliphatic heterocycles. The first-order valence-corrected chi connectivity index (χ1v) is 6.08. The molecule has 0 bridgehead atoms. The number of rotatable bonds is 9. The Morgan fingerprint density at radius 1 is 1.22 bits per heavy atom. The lowest BCUT2D eigenvalue weighted by atomic mass is 10.2. The van der Waals surface area contributed by atoms with Crippen molar-refractivity contribution in [2.24, 2.45) is 0 Å². The Morgan fingerprint density at radius 2 is 1.89 bits per heavy atom. The third-order valence-corrected chi connectivity index (χ3v) is 2.27. The third kappa shape index (κ3) is 8.50. The molecule has 0 aromatic heterocycles. The van der Waals surface area contributed by atoms with Crippen LogP contribution in [0.1, 0.15) is 39.5 Å². The van der Waals surface area contributed by atoms with Gasteiger partial charge in [-0.25, -0.2) is 0 Å². The number of unbranched alkanes of at least 4 members (excludes halogenated alkanes) is 1. The second kappa shape index (κ2) is 9.39. The van der Waals surface area contributed by atoms with E-state index in [1.54, 1.807) is 13.8 Å². The third-order valence-electron chi connectivity index (χ3n) is 2.27. The smallest absolute Gasteiger partial charge is 0.306 e. The lowest BCUT2D eigenvalue weighted by Gasteiger charge is -2.05. The van der Waals surface area contributed by atoms with Crippen molar-refractivity contribution >= 4 is 17.7 Å². The molecule has 0 aromatic carbocycles. The van der Waals surface area contributed by atoms with Crippen molar-refractivity contribution in [1.82, 2.24) is 5.32 Å². The van der Waals surface area contributed by atoms with Crippen LogP contribution < -0.4 is 5.32 Å². The molecule has 0 unspecified atom stereocenters. The number of nitrogens with one attached hydrogen (secondary N) is 1. The van der Waals surface area contributed by atoms with E-state index in [-0.39, 0.29) is 30.7 Å². The Bertz CT molecular complexity index is 323. The van der Waals surface area contributed by atoms with Crippen LogP contribution in [0.5, 0.6) is 0 Å². The summed E-state index contributed by atoms with van der Waals surface area (Å²) < 4.78 is 4.77. The number of amides is 1. The number of ether oxygens (including phenoxy) is 1. The summed E-state index contributed by atoms with van der Waals surface area (Å²) in [6.45, 7) is 7.24. The summed E-state index contributed by atoms with van der Waals surface area (Å²) in [7, 11) is 0. The molecule has 0 aromatic rings. The Morgan fingerprint density at radius 3 is 2.44 bits per heavy atom. The monoisotopic (exact) mass is 255 g/mol. The normalized spacial score (nSPS) is 9.67. The molecule has 0 spiro atoms. The van der Waals surface area contributed by atoms with Crippen molar-refractivity contribution in [3.63, 3.8) is 0 Å². The molecular weight excluding hydrogens is 234 g/mol. The van der Waals surface area contributed by atoms with Crippen LogP contribution in [0.15, 0.2) is 12.2 Å². The van der Waals surface area contributed by atoms with Gasteiger partial charge in [-0.05, 0) is 19.8 Å². The largest absolute Gasteiger partial charge is 0.458 e. The standard InChI is InChI=1S/C13H21NO4/c1-4-11(15)9-18-12(16)7-5-6-8-14-13(17)10(2)3/h2,4-9H2,1,3H3,(H,14,17). The highest BCUT2D eigenvalue weighted by Crippen LogP contribution is 1.98. The molecule has 5 nitrogen and oxygen atoms in total. The van der Waals surface area contributed by atoms with Gasteiger partial charge in [0.1, 0.15) is 6.61 Å². The second-order valence-electron chi connectivity index (χ2n) is 4.05. The van der Waals surface area contributed by atoms with Gasteiger partial charge in [0.25, 0.3) is 0 Å². The van der Waals surface area contributed by atoms with Crippen LogP contribution in [0.25, 0.3) is 0 Å². The number of ketones is 1. The Labute approximate surface area is 108 Å². The van der Waals surface area contributed by atoms with E-state index in [9.17, 15) is 14.4 Å². The van der Waals surface area contributed by atoms with Gasteiger partial charge in [0.15, 0.2) is 5.78 Å². The second-order valence-corrected chi connectivity index (χ2v) is 4.05. The molecule has 5 heteroatoms. The molecule has 0 saturated carbocycles. The van der Waals surface area contributed by atoms with Gasteiger partial charge in [0, 0.05) is 25.0 Å². The van der Waals surface area contributed by atoms with Crippen LogP contribution in [-0.4, -0.2) is 30.8 Å². The zero-order chi connectivity index (χ0) is 14.0. The SMILES string of the molecule is C=C(C)C(=O)NCCCCC(=O)OCC(=O)CC. The van der Waals surface area contributed by atoms with Gasteiger partial charge in [0.05, 0.1) is 0 Å². The maximum Gasteiger partial charge on any atom is 0.306 e. The molecule has 18 heavy (non-hydrogen) atoms. The van der Waals surface area contributed by atoms with Crippen LogP contribution in [0.2, 0.25) is 0 Å². The Hall–Kier alpha value is -1.65. The van der Waals surface area contributed by atoms with E-state index in [1.807, 2.05) is 0 Å². The van der Waals surface area contributed by atoms with Crippen LogP contribution in [0.4, 0.5) is 0 Å². The summed E-state index contributed by atoms with van der Waals surface area (Å²) in [4.78, 5) is 33.2. The fourth-order valence-corrected chi connectivity index (χ4v) is 1.08. The maximum absolute atomic E-state index is 11.2. The van der Waals surface area contributed by atoms with E-state index in [0.717, 1.165) is 0 Å². The van der Waals surface area contributed by atoms with E-state index < -0.39 is 0 Å². The predicted octanol–water partition coefficient (Wildman–Crippen LogP) is 1.37. The van der Waals surface area contributed by atoms with E-state index in [0.29, 0.717) is 31.4 Å². The lowest BCUT2D eigenvalue weighted by Crippen LogP contribution is -2.24. The van der Waals surface area contributed by atoms with E-state index in [2.05, 4.69) is 11.9 Å². The van der Waals surface area contributed by atoms with Crippen molar-refractivity contribution in [2.45, 2.75) is 39.5 Å². The van der Waals surface area contributed by atoms with Crippen molar-refractivity contribution in [2.75, 3.05) is 13.2 Å². The molecule has 1 amide bonds. The molecule has 0 saturated heterocycles. The minimum absolute atomic E-state index is 0.0860. The van der Waals surface area contributed by atoms with Crippen LogP contribution >= 0.6 is 0 Å². The van der Waals surface area contributed by atoms with Gasteiger partial charge >= 0.3 is 5.97 Å². The van der Waals surface area contributed by atoms with Crippen molar-refractivity contribution < 1.29 is 19.1 Å². The molecule has 102 valence electrons. The van der Waals surface area contributed by atoms with Crippen LogP contribution in [-0.2, 0) is 19.1 Å². The molecular formula is C13H21NO4.